The van der Waals surface area contributed by atoms with Gasteiger partial charge in [0, 0.05) is 12.2 Å². The van der Waals surface area contributed by atoms with Crippen LogP contribution in [-0.4, -0.2) is 66.5 Å². The van der Waals surface area contributed by atoms with Crippen LogP contribution in [0.2, 0.25) is 0 Å². The maximum absolute atomic E-state index is 14.1. The second kappa shape index (κ2) is 18.4. The molecule has 2 aromatic rings. The van der Waals surface area contributed by atoms with Crippen LogP contribution in [0.1, 0.15) is 98.3 Å². The van der Waals surface area contributed by atoms with Crippen LogP contribution in [0.4, 0.5) is 14.9 Å². The molecule has 2 fully saturated rings. The molecule has 0 spiro atoms. The van der Waals surface area contributed by atoms with Crippen molar-refractivity contribution in [3.8, 4) is 5.75 Å². The predicted molar refractivity (Wildman–Crippen MR) is 179 cm³/mol. The number of esters is 1. The van der Waals surface area contributed by atoms with Gasteiger partial charge in [-0.1, -0.05) is 82.9 Å². The third kappa shape index (κ3) is 11.2. The first-order valence-corrected chi connectivity index (χ1v) is 17.4. The number of fused-ring (bicyclic) bond motifs is 1. The number of hydrogen-bond donors (Lipinski definition) is 1. The Kier molecular flexibility index (Phi) is 14.3. The molecular formula is C37H53FN2O7. The Balaban J connectivity index is 1.56. The number of ether oxygens (including phenoxy) is 5. The van der Waals surface area contributed by atoms with Gasteiger partial charge in [-0.15, -0.1) is 0 Å². The van der Waals surface area contributed by atoms with Crippen molar-refractivity contribution < 1.29 is 37.7 Å². The molecule has 2 saturated heterocycles. The zero-order valence-electron chi connectivity index (χ0n) is 28.5. The van der Waals surface area contributed by atoms with Crippen molar-refractivity contribution in [1.82, 2.24) is 4.90 Å². The van der Waals surface area contributed by atoms with E-state index in [0.717, 1.165) is 25.7 Å². The molecule has 0 radical (unpaired) electrons. The molecule has 47 heavy (non-hydrogen) atoms. The van der Waals surface area contributed by atoms with E-state index in [4.69, 9.17) is 23.7 Å². The standard InChI is InChI=1S/C37H53FN2O7/c1-5-7-8-9-10-11-12-13-14-18-25-40(36(42)39-28-23-21-27(38)22-24-28)30(26-31(41)43-6-2)32-33(44-29-19-16-15-17-20-29)34-35(45-32)47-37(3,4)46-34/h15-17,19-24,30,32-35H,5-14,18,25-26H2,1-4H3,(H,39,42)/t30-,32?,33-,34+,35+/m0/s1. The fraction of sp³-hybridized carbons (Fsp3) is 0.622. The van der Waals surface area contributed by atoms with Crippen molar-refractivity contribution in [1.29, 1.82) is 0 Å². The molecule has 5 atom stereocenters. The highest BCUT2D eigenvalue weighted by atomic mass is 19.1. The number of nitrogens with one attached hydrogen (secondary N) is 1. The van der Waals surface area contributed by atoms with Crippen molar-refractivity contribution in [3.63, 3.8) is 0 Å². The molecule has 9 nitrogen and oxygen atoms in total. The number of nitrogens with zero attached hydrogens (tertiary/aromatic N) is 1. The summed E-state index contributed by atoms with van der Waals surface area (Å²) in [5, 5.41) is 2.90. The molecule has 0 aliphatic carbocycles. The molecule has 1 unspecified atom stereocenters. The lowest BCUT2D eigenvalue weighted by Gasteiger charge is -2.38. The minimum absolute atomic E-state index is 0.120. The quantitative estimate of drug-likeness (QED) is 0.120. The smallest absolute Gasteiger partial charge is 0.322 e. The number of amides is 2. The zero-order chi connectivity index (χ0) is 33.6. The van der Waals surface area contributed by atoms with E-state index in [2.05, 4.69) is 12.2 Å². The second-order valence-electron chi connectivity index (χ2n) is 12.9. The molecule has 2 aliphatic rings. The first-order chi connectivity index (χ1) is 22.7. The molecule has 260 valence electrons. The number of rotatable bonds is 19. The van der Waals surface area contributed by atoms with Gasteiger partial charge in [0.05, 0.1) is 19.1 Å². The summed E-state index contributed by atoms with van der Waals surface area (Å²) in [5.41, 5.74) is 0.439. The van der Waals surface area contributed by atoms with Gasteiger partial charge in [0.25, 0.3) is 0 Å². The van der Waals surface area contributed by atoms with E-state index < -0.39 is 54.2 Å². The molecule has 1 N–H and O–H groups in total. The largest absolute Gasteiger partial charge is 0.485 e. The zero-order valence-corrected chi connectivity index (χ0v) is 28.5. The van der Waals surface area contributed by atoms with Crippen LogP contribution in [-0.2, 0) is 23.7 Å². The molecular weight excluding hydrogens is 603 g/mol. The maximum Gasteiger partial charge on any atom is 0.322 e. The van der Waals surface area contributed by atoms with E-state index in [9.17, 15) is 14.0 Å². The highest BCUT2D eigenvalue weighted by Gasteiger charge is 2.59. The van der Waals surface area contributed by atoms with Crippen LogP contribution in [0, 0.1) is 5.82 Å². The lowest BCUT2D eigenvalue weighted by atomic mass is 9.98. The molecule has 2 aromatic carbocycles. The summed E-state index contributed by atoms with van der Waals surface area (Å²) in [6.07, 6.45) is 8.48. The number of carbonyl (C=O) groups excluding carboxylic acids is 2. The fourth-order valence-corrected chi connectivity index (χ4v) is 6.31. The van der Waals surface area contributed by atoms with Crippen molar-refractivity contribution >= 4 is 17.7 Å². The summed E-state index contributed by atoms with van der Waals surface area (Å²) < 4.78 is 44.4. The Morgan fingerprint density at radius 3 is 2.17 bits per heavy atom. The second-order valence-corrected chi connectivity index (χ2v) is 12.9. The number of benzene rings is 2. The van der Waals surface area contributed by atoms with Gasteiger partial charge in [-0.05, 0) is 63.6 Å². The predicted octanol–water partition coefficient (Wildman–Crippen LogP) is 8.23. The van der Waals surface area contributed by atoms with Crippen LogP contribution in [0.5, 0.6) is 5.75 Å². The molecule has 4 rings (SSSR count). The van der Waals surface area contributed by atoms with Crippen LogP contribution in [0.15, 0.2) is 54.6 Å². The van der Waals surface area contributed by atoms with E-state index in [1.807, 2.05) is 44.2 Å². The van der Waals surface area contributed by atoms with Gasteiger partial charge in [0.15, 0.2) is 24.3 Å². The number of anilines is 1. The SMILES string of the molecule is CCCCCCCCCCCCN(C(=O)Nc1ccc(F)cc1)[C@@H](CC(=O)OCC)C1O[C@@H]2OC(C)(C)O[C@@H]2[C@H]1Oc1ccccc1. The van der Waals surface area contributed by atoms with Crippen LogP contribution in [0.25, 0.3) is 0 Å². The molecule has 10 heteroatoms. The average molecular weight is 657 g/mol. The Labute approximate surface area is 279 Å². The van der Waals surface area contributed by atoms with Crippen LogP contribution >= 0.6 is 0 Å². The van der Waals surface area contributed by atoms with E-state index >= 15 is 0 Å². The summed E-state index contributed by atoms with van der Waals surface area (Å²) in [6, 6.07) is 13.7. The number of para-hydroxylation sites is 1. The van der Waals surface area contributed by atoms with Gasteiger partial charge in [-0.3, -0.25) is 4.79 Å². The van der Waals surface area contributed by atoms with Crippen LogP contribution in [0.3, 0.4) is 0 Å². The summed E-state index contributed by atoms with van der Waals surface area (Å²) in [7, 11) is 0. The van der Waals surface area contributed by atoms with Gasteiger partial charge in [0.2, 0.25) is 0 Å². The monoisotopic (exact) mass is 656 g/mol. The Morgan fingerprint density at radius 2 is 1.53 bits per heavy atom. The molecule has 2 heterocycles. The summed E-state index contributed by atoms with van der Waals surface area (Å²) >= 11 is 0. The number of carbonyl (C=O) groups is 2. The van der Waals surface area contributed by atoms with E-state index in [1.54, 1.807) is 11.8 Å². The van der Waals surface area contributed by atoms with E-state index in [-0.39, 0.29) is 13.0 Å². The summed E-state index contributed by atoms with van der Waals surface area (Å²) in [4.78, 5) is 28.8. The summed E-state index contributed by atoms with van der Waals surface area (Å²) in [5.74, 6) is -1.15. The lowest BCUT2D eigenvalue weighted by molar-refractivity contribution is -0.219. The van der Waals surface area contributed by atoms with Crippen molar-refractivity contribution in [2.75, 3.05) is 18.5 Å². The lowest BCUT2D eigenvalue weighted by Crippen LogP contribution is -2.55. The molecule has 0 saturated carbocycles. The minimum Gasteiger partial charge on any atom is -0.485 e. The third-order valence-corrected chi connectivity index (χ3v) is 8.61. The van der Waals surface area contributed by atoms with Gasteiger partial charge < -0.3 is 33.9 Å². The highest BCUT2D eigenvalue weighted by Crippen LogP contribution is 2.41. The number of halogens is 1. The first kappa shape index (κ1) is 36.6. The Bertz CT molecular complexity index is 1230. The van der Waals surface area contributed by atoms with Crippen molar-refractivity contribution in [3.05, 3.63) is 60.4 Å². The molecule has 2 aliphatic heterocycles. The Morgan fingerprint density at radius 1 is 0.894 bits per heavy atom. The maximum atomic E-state index is 14.1. The average Bonchev–Trinajstić information content (AvgIpc) is 3.52. The number of unbranched alkanes of at least 4 members (excludes halogenated alkanes) is 9. The number of hydrogen-bond acceptors (Lipinski definition) is 7. The van der Waals surface area contributed by atoms with E-state index in [0.29, 0.717) is 18.0 Å². The van der Waals surface area contributed by atoms with Gasteiger partial charge >= 0.3 is 12.0 Å². The van der Waals surface area contributed by atoms with Crippen molar-refractivity contribution in [2.45, 2.75) is 135 Å². The number of urea groups is 1. The molecule has 2 amide bonds. The third-order valence-electron chi connectivity index (χ3n) is 8.61. The fourth-order valence-electron chi connectivity index (χ4n) is 6.31. The topological polar surface area (TPSA) is 95.6 Å². The summed E-state index contributed by atoms with van der Waals surface area (Å²) in [6.45, 7) is 8.17. The van der Waals surface area contributed by atoms with Crippen LogP contribution < -0.4 is 10.1 Å². The van der Waals surface area contributed by atoms with Gasteiger partial charge in [0.1, 0.15) is 17.7 Å². The normalized spacial score (nSPS) is 22.0. The van der Waals surface area contributed by atoms with Gasteiger partial charge in [-0.25, -0.2) is 9.18 Å². The van der Waals surface area contributed by atoms with Crippen molar-refractivity contribution in [2.24, 2.45) is 0 Å². The highest BCUT2D eigenvalue weighted by molar-refractivity contribution is 5.90. The van der Waals surface area contributed by atoms with Gasteiger partial charge in [-0.2, -0.15) is 0 Å². The molecule has 0 bridgehead atoms. The Hall–Kier alpha value is -3.21. The first-order valence-electron chi connectivity index (χ1n) is 17.4. The van der Waals surface area contributed by atoms with E-state index in [1.165, 1.54) is 62.8 Å². The molecule has 0 aromatic heterocycles. The minimum atomic E-state index is -0.898.